The molecule has 0 amide bonds. The monoisotopic (exact) mass is 350 g/mol. The zero-order valence-electron chi connectivity index (χ0n) is 15.4. The fourth-order valence-corrected chi connectivity index (χ4v) is 2.85. The van der Waals surface area contributed by atoms with E-state index in [1.807, 2.05) is 84.9 Å². The number of allylic oxidation sites excluding steroid dienone is 1. The lowest BCUT2D eigenvalue weighted by Crippen LogP contribution is -2.12. The molecule has 0 unspecified atom stereocenters. The average Bonchev–Trinajstić information content (AvgIpc) is 2.73. The van der Waals surface area contributed by atoms with Gasteiger partial charge in [0.2, 0.25) is 0 Å². The van der Waals surface area contributed by atoms with Gasteiger partial charge >= 0.3 is 0 Å². The average molecular weight is 350 g/mol. The first kappa shape index (κ1) is 18.2. The second-order valence-corrected chi connectivity index (χ2v) is 6.30. The van der Waals surface area contributed by atoms with E-state index in [0.29, 0.717) is 12.1 Å². The number of nitrogens with two attached hydrogens (primary N) is 1. The van der Waals surface area contributed by atoms with Crippen LogP contribution in [0.15, 0.2) is 95.5 Å². The van der Waals surface area contributed by atoms with Crippen molar-refractivity contribution in [3.63, 3.8) is 0 Å². The molecule has 132 valence electrons. The lowest BCUT2D eigenvalue weighted by Gasteiger charge is -2.14. The summed E-state index contributed by atoms with van der Waals surface area (Å²) in [5, 5.41) is 0. The largest absolute Gasteiger partial charge is 0.398 e. The van der Waals surface area contributed by atoms with Crippen molar-refractivity contribution in [3.8, 4) is 12.3 Å². The number of benzene rings is 3. The predicted molar refractivity (Wildman–Crippen MR) is 115 cm³/mol. The molecule has 0 atom stereocenters. The van der Waals surface area contributed by atoms with E-state index in [9.17, 15) is 0 Å². The summed E-state index contributed by atoms with van der Waals surface area (Å²) in [6, 6.07) is 28.0. The van der Waals surface area contributed by atoms with Gasteiger partial charge < -0.3 is 5.73 Å². The van der Waals surface area contributed by atoms with Gasteiger partial charge in [-0.15, -0.1) is 12.3 Å². The van der Waals surface area contributed by atoms with Gasteiger partial charge in [0.25, 0.3) is 0 Å². The number of aliphatic imine (C=N–C) groups is 1. The van der Waals surface area contributed by atoms with E-state index < -0.39 is 0 Å². The van der Waals surface area contributed by atoms with Gasteiger partial charge in [0.15, 0.2) is 0 Å². The van der Waals surface area contributed by atoms with Gasteiger partial charge in [0.05, 0.1) is 11.4 Å². The summed E-state index contributed by atoms with van der Waals surface area (Å²) in [6.45, 7) is 2.06. The summed E-state index contributed by atoms with van der Waals surface area (Å²) in [6.07, 6.45) is 6.08. The molecule has 2 N–H and O–H groups in total. The molecule has 2 nitrogen and oxygen atoms in total. The highest BCUT2D eigenvalue weighted by Crippen LogP contribution is 2.24. The van der Waals surface area contributed by atoms with Crippen LogP contribution >= 0.6 is 0 Å². The molecule has 0 aliphatic rings. The Balaban J connectivity index is 2.21. The smallest absolute Gasteiger partial charge is 0.0771 e. The van der Waals surface area contributed by atoms with E-state index in [1.54, 1.807) is 0 Å². The molecule has 0 bridgehead atoms. The van der Waals surface area contributed by atoms with Crippen molar-refractivity contribution in [1.82, 2.24) is 0 Å². The second-order valence-electron chi connectivity index (χ2n) is 6.30. The van der Waals surface area contributed by atoms with Crippen LogP contribution in [0.25, 0.3) is 5.70 Å². The lowest BCUT2D eigenvalue weighted by atomic mass is 9.95. The van der Waals surface area contributed by atoms with Gasteiger partial charge in [0.1, 0.15) is 0 Å². The lowest BCUT2D eigenvalue weighted by molar-refractivity contribution is 1.32. The van der Waals surface area contributed by atoms with E-state index >= 15 is 0 Å². The number of hydrogen-bond acceptors (Lipinski definition) is 2. The molecule has 27 heavy (non-hydrogen) atoms. The van der Waals surface area contributed by atoms with Crippen molar-refractivity contribution in [2.24, 2.45) is 10.7 Å². The molecule has 0 aliphatic carbocycles. The highest BCUT2D eigenvalue weighted by Gasteiger charge is 2.15. The molecule has 3 aromatic rings. The van der Waals surface area contributed by atoms with Crippen LogP contribution in [-0.2, 0) is 0 Å². The van der Waals surface area contributed by atoms with Gasteiger partial charge in [-0.05, 0) is 24.6 Å². The summed E-state index contributed by atoms with van der Waals surface area (Å²) in [7, 11) is 0. The minimum atomic E-state index is 0.403. The minimum Gasteiger partial charge on any atom is -0.398 e. The van der Waals surface area contributed by atoms with E-state index in [-0.39, 0.29) is 0 Å². The van der Waals surface area contributed by atoms with Crippen molar-refractivity contribution < 1.29 is 0 Å². The first-order chi connectivity index (χ1) is 13.2. The highest BCUT2D eigenvalue weighted by molar-refractivity contribution is 6.17. The van der Waals surface area contributed by atoms with Crippen LogP contribution in [0.1, 0.15) is 23.1 Å². The number of terminal acetylenes is 1. The van der Waals surface area contributed by atoms with Gasteiger partial charge in [-0.3, -0.25) is 0 Å². The van der Waals surface area contributed by atoms with Crippen molar-refractivity contribution in [1.29, 1.82) is 0 Å². The molecule has 0 aliphatic heterocycles. The molecule has 0 aromatic heterocycles. The SMILES string of the molecule is C#CC/C(C(=Nc1ccc(C)cc1)c1ccccc1)=C(\N)c1ccccc1. The third-order valence-electron chi connectivity index (χ3n) is 4.30. The van der Waals surface area contributed by atoms with Crippen LogP contribution in [0, 0.1) is 19.3 Å². The zero-order chi connectivity index (χ0) is 19.1. The molecule has 0 saturated heterocycles. The molecule has 0 radical (unpaired) electrons. The first-order valence-corrected chi connectivity index (χ1v) is 8.87. The maximum Gasteiger partial charge on any atom is 0.0771 e. The summed E-state index contributed by atoms with van der Waals surface area (Å²) in [4.78, 5) is 4.92. The van der Waals surface area contributed by atoms with E-state index in [0.717, 1.165) is 28.1 Å². The Morgan fingerprint density at radius 3 is 1.96 bits per heavy atom. The number of rotatable bonds is 5. The molecule has 0 saturated carbocycles. The molecule has 0 fully saturated rings. The van der Waals surface area contributed by atoms with Crippen LogP contribution in [-0.4, -0.2) is 5.71 Å². The van der Waals surface area contributed by atoms with Gasteiger partial charge in [0, 0.05) is 23.3 Å². The van der Waals surface area contributed by atoms with Crippen LogP contribution in [0.5, 0.6) is 0 Å². The standard InChI is InChI=1S/C25H22N2/c1-3-10-23(24(26)20-11-6-4-7-12-20)25(21-13-8-5-9-14-21)27-22-17-15-19(2)16-18-22/h1,4-9,11-18H,10,26H2,2H3/b24-23+,27-25?. The van der Waals surface area contributed by atoms with Crippen LogP contribution in [0.4, 0.5) is 5.69 Å². The van der Waals surface area contributed by atoms with Crippen molar-refractivity contribution in [2.45, 2.75) is 13.3 Å². The van der Waals surface area contributed by atoms with E-state index in [2.05, 4.69) is 12.8 Å². The van der Waals surface area contributed by atoms with E-state index in [1.165, 1.54) is 5.56 Å². The molecule has 3 rings (SSSR count). The number of hydrogen-bond donors (Lipinski definition) is 1. The van der Waals surface area contributed by atoms with Gasteiger partial charge in [-0.1, -0.05) is 78.4 Å². The third-order valence-corrected chi connectivity index (χ3v) is 4.30. The number of aryl methyl sites for hydroxylation is 1. The Kier molecular flexibility index (Phi) is 5.87. The number of nitrogens with zero attached hydrogens (tertiary/aromatic N) is 1. The normalized spacial score (nSPS) is 12.2. The van der Waals surface area contributed by atoms with E-state index in [4.69, 9.17) is 17.1 Å². The molecular formula is C25H22N2. The fourth-order valence-electron chi connectivity index (χ4n) is 2.85. The first-order valence-electron chi connectivity index (χ1n) is 8.87. The molecule has 3 aromatic carbocycles. The molecule has 0 heterocycles. The topological polar surface area (TPSA) is 38.4 Å². The Hall–Kier alpha value is -3.57. The van der Waals surface area contributed by atoms with Crippen molar-refractivity contribution in [2.75, 3.05) is 0 Å². The third kappa shape index (κ3) is 4.54. The maximum atomic E-state index is 6.54. The Bertz CT molecular complexity index is 990. The highest BCUT2D eigenvalue weighted by atomic mass is 14.8. The maximum absolute atomic E-state index is 6.54. The Morgan fingerprint density at radius 2 is 1.41 bits per heavy atom. The van der Waals surface area contributed by atoms with Crippen LogP contribution < -0.4 is 5.73 Å². The van der Waals surface area contributed by atoms with Gasteiger partial charge in [-0.25, -0.2) is 4.99 Å². The summed E-state index contributed by atoms with van der Waals surface area (Å²) < 4.78 is 0. The summed E-state index contributed by atoms with van der Waals surface area (Å²) in [5.74, 6) is 2.74. The Morgan fingerprint density at radius 1 is 0.852 bits per heavy atom. The zero-order valence-corrected chi connectivity index (χ0v) is 15.4. The quantitative estimate of drug-likeness (QED) is 0.478. The molecular weight excluding hydrogens is 328 g/mol. The van der Waals surface area contributed by atoms with Crippen molar-refractivity contribution >= 4 is 17.1 Å². The minimum absolute atomic E-state index is 0.403. The second kappa shape index (κ2) is 8.69. The molecule has 0 spiro atoms. The van der Waals surface area contributed by atoms with Crippen LogP contribution in [0.3, 0.4) is 0 Å². The summed E-state index contributed by atoms with van der Waals surface area (Å²) in [5.41, 5.74) is 12.9. The molecule has 2 heteroatoms. The fraction of sp³-hybridized carbons (Fsp3) is 0.0800. The van der Waals surface area contributed by atoms with Crippen LogP contribution in [0.2, 0.25) is 0 Å². The van der Waals surface area contributed by atoms with Crippen molar-refractivity contribution in [3.05, 3.63) is 107 Å². The van der Waals surface area contributed by atoms with Gasteiger partial charge in [-0.2, -0.15) is 0 Å². The Labute approximate surface area is 161 Å². The predicted octanol–water partition coefficient (Wildman–Crippen LogP) is 5.51. The summed E-state index contributed by atoms with van der Waals surface area (Å²) >= 11 is 0.